The van der Waals surface area contributed by atoms with E-state index in [-0.39, 0.29) is 35.3 Å². The predicted molar refractivity (Wildman–Crippen MR) is 198 cm³/mol. The zero-order chi connectivity index (χ0) is 38.0. The highest BCUT2D eigenvalue weighted by molar-refractivity contribution is 7.14. The smallest absolute Gasteiger partial charge is 0.264 e. The summed E-state index contributed by atoms with van der Waals surface area (Å²) in [5, 5.41) is 10.8. The standard InChI is InChI=1S/C38H44F2N6O7S/c39-26-13-12-24(28-23-54-38(43-28)45-18-20-52-21-19-45)34(33(26)40)53-22-31(48)42-17-8-6-4-2-1-3-5-7-16-41-27-11-9-10-25-32(27)37(51)46(36(25)50)29-14-15-30(47)44-35(29)49/h9-13,23,29,41H,1-8,14-22H2,(H,42,48)(H,44,47,49). The summed E-state index contributed by atoms with van der Waals surface area (Å²) in [6.45, 7) is 3.19. The molecule has 3 N–H and O–H groups in total. The van der Waals surface area contributed by atoms with Gasteiger partial charge in [0.1, 0.15) is 6.04 Å². The number of fused-ring (bicyclic) bond motifs is 1. The molecule has 6 rings (SSSR count). The third kappa shape index (κ3) is 9.21. The Morgan fingerprint density at radius 1 is 0.926 bits per heavy atom. The number of imide groups is 2. The van der Waals surface area contributed by atoms with Crippen molar-refractivity contribution in [3.8, 4) is 17.0 Å². The van der Waals surface area contributed by atoms with Gasteiger partial charge in [0, 0.05) is 49.2 Å². The number of aromatic nitrogens is 1. The number of ether oxygens (including phenoxy) is 2. The van der Waals surface area contributed by atoms with E-state index in [1.165, 1.54) is 17.4 Å². The van der Waals surface area contributed by atoms with Crippen molar-refractivity contribution in [2.24, 2.45) is 0 Å². The molecule has 3 aromatic rings. The number of carbonyl (C=O) groups excluding carboxylic acids is 5. The van der Waals surface area contributed by atoms with Gasteiger partial charge in [-0.15, -0.1) is 11.3 Å². The van der Waals surface area contributed by atoms with E-state index < -0.39 is 53.8 Å². The number of amides is 5. The number of unbranched alkanes of at least 4 members (excludes halogenated alkanes) is 7. The van der Waals surface area contributed by atoms with Crippen molar-refractivity contribution in [3.05, 3.63) is 58.5 Å². The number of carbonyl (C=O) groups is 5. The number of anilines is 2. The van der Waals surface area contributed by atoms with Gasteiger partial charge in [0.25, 0.3) is 17.7 Å². The first-order valence-electron chi connectivity index (χ1n) is 18.5. The molecule has 3 aliphatic heterocycles. The molecule has 0 radical (unpaired) electrons. The number of nitrogens with one attached hydrogen (secondary N) is 3. The normalized spacial score (nSPS) is 17.1. The number of morpholine rings is 1. The van der Waals surface area contributed by atoms with Crippen LogP contribution in [0.1, 0.15) is 84.9 Å². The quantitative estimate of drug-likeness (QED) is 0.118. The average molecular weight is 767 g/mol. The molecular formula is C38H44F2N6O7S. The van der Waals surface area contributed by atoms with Gasteiger partial charge in [0.2, 0.25) is 17.6 Å². The van der Waals surface area contributed by atoms with Crippen LogP contribution in [-0.2, 0) is 19.1 Å². The Morgan fingerprint density at radius 3 is 2.39 bits per heavy atom. The highest BCUT2D eigenvalue weighted by Gasteiger charge is 2.45. The Bertz CT molecular complexity index is 1870. The Labute approximate surface area is 315 Å². The van der Waals surface area contributed by atoms with Crippen LogP contribution in [0.5, 0.6) is 5.75 Å². The summed E-state index contributed by atoms with van der Waals surface area (Å²) in [4.78, 5) is 70.2. The first-order valence-corrected chi connectivity index (χ1v) is 19.4. The second-order valence-electron chi connectivity index (χ2n) is 13.4. The Hall–Kier alpha value is -4.96. The molecule has 4 heterocycles. The number of hydrogen-bond donors (Lipinski definition) is 3. The topological polar surface area (TPSA) is 159 Å². The molecule has 0 saturated carbocycles. The van der Waals surface area contributed by atoms with Gasteiger partial charge in [0.05, 0.1) is 30.0 Å². The molecule has 1 aromatic heterocycles. The SMILES string of the molecule is O=C(COc1c(-c2csc(N3CCOCC3)n2)ccc(F)c1F)NCCCCCCCCCCNc1cccc2c1C(=O)N(C1CCC(=O)NC1=O)C2=O. The number of rotatable bonds is 18. The van der Waals surface area contributed by atoms with Gasteiger partial charge in [-0.25, -0.2) is 9.37 Å². The molecule has 1 unspecified atom stereocenters. The summed E-state index contributed by atoms with van der Waals surface area (Å²) in [6, 6.07) is 6.46. The highest BCUT2D eigenvalue weighted by Crippen LogP contribution is 2.37. The highest BCUT2D eigenvalue weighted by atomic mass is 32.1. The number of benzene rings is 2. The molecule has 2 saturated heterocycles. The van der Waals surface area contributed by atoms with Crippen LogP contribution in [0.15, 0.2) is 35.7 Å². The van der Waals surface area contributed by atoms with Crippen molar-refractivity contribution in [1.29, 1.82) is 0 Å². The van der Waals surface area contributed by atoms with Crippen molar-refractivity contribution in [1.82, 2.24) is 20.5 Å². The van der Waals surface area contributed by atoms with E-state index >= 15 is 0 Å². The summed E-state index contributed by atoms with van der Waals surface area (Å²) in [7, 11) is 0. The third-order valence-corrected chi connectivity index (χ3v) is 10.6. The van der Waals surface area contributed by atoms with E-state index in [2.05, 4.69) is 25.8 Å². The minimum Gasteiger partial charge on any atom is -0.480 e. The van der Waals surface area contributed by atoms with Gasteiger partial charge in [0.15, 0.2) is 23.3 Å². The van der Waals surface area contributed by atoms with Gasteiger partial charge in [-0.2, -0.15) is 4.39 Å². The lowest BCUT2D eigenvalue weighted by atomic mass is 10.0. The van der Waals surface area contributed by atoms with Crippen LogP contribution in [0, 0.1) is 11.6 Å². The molecule has 288 valence electrons. The maximum atomic E-state index is 14.8. The molecule has 5 amide bonds. The summed E-state index contributed by atoms with van der Waals surface area (Å²) in [6.07, 6.45) is 7.91. The summed E-state index contributed by atoms with van der Waals surface area (Å²) in [5.41, 5.74) is 1.79. The first kappa shape index (κ1) is 38.8. The van der Waals surface area contributed by atoms with Gasteiger partial charge in [-0.05, 0) is 43.5 Å². The minimum atomic E-state index is -1.16. The molecular weight excluding hydrogens is 723 g/mol. The van der Waals surface area contributed by atoms with Gasteiger partial charge in [-0.3, -0.25) is 34.2 Å². The van der Waals surface area contributed by atoms with Crippen LogP contribution >= 0.6 is 11.3 Å². The Balaban J connectivity index is 0.833. The summed E-state index contributed by atoms with van der Waals surface area (Å²) < 4.78 is 39.8. The van der Waals surface area contributed by atoms with Gasteiger partial charge < -0.3 is 25.0 Å². The van der Waals surface area contributed by atoms with Crippen LogP contribution in [0.3, 0.4) is 0 Å². The largest absolute Gasteiger partial charge is 0.480 e. The third-order valence-electron chi connectivity index (χ3n) is 9.66. The first-order chi connectivity index (χ1) is 26.2. The molecule has 2 aromatic carbocycles. The average Bonchev–Trinajstić information content (AvgIpc) is 3.76. The van der Waals surface area contributed by atoms with Gasteiger partial charge in [-0.1, -0.05) is 44.6 Å². The summed E-state index contributed by atoms with van der Waals surface area (Å²) >= 11 is 1.40. The number of halogens is 2. The Morgan fingerprint density at radius 2 is 1.65 bits per heavy atom. The van der Waals surface area contributed by atoms with Crippen LogP contribution in [0.25, 0.3) is 11.3 Å². The van der Waals surface area contributed by atoms with E-state index in [0.29, 0.717) is 50.8 Å². The fourth-order valence-electron chi connectivity index (χ4n) is 6.78. The zero-order valence-electron chi connectivity index (χ0n) is 29.9. The maximum Gasteiger partial charge on any atom is 0.264 e. The van der Waals surface area contributed by atoms with Crippen LogP contribution < -0.4 is 25.6 Å². The van der Waals surface area contributed by atoms with E-state index in [4.69, 9.17) is 9.47 Å². The fourth-order valence-corrected chi connectivity index (χ4v) is 7.65. The second kappa shape index (κ2) is 18.4. The van der Waals surface area contributed by atoms with E-state index in [0.717, 1.165) is 67.5 Å². The summed E-state index contributed by atoms with van der Waals surface area (Å²) in [5.74, 6) is -5.09. The van der Waals surface area contributed by atoms with E-state index in [1.54, 1.807) is 23.6 Å². The molecule has 0 aliphatic carbocycles. The predicted octanol–water partition coefficient (Wildman–Crippen LogP) is 5.05. The lowest BCUT2D eigenvalue weighted by Gasteiger charge is -2.27. The van der Waals surface area contributed by atoms with Crippen molar-refractivity contribution in [2.75, 3.05) is 56.2 Å². The molecule has 13 nitrogen and oxygen atoms in total. The second-order valence-corrected chi connectivity index (χ2v) is 14.3. The van der Waals surface area contributed by atoms with Crippen LogP contribution in [0.4, 0.5) is 19.6 Å². The van der Waals surface area contributed by atoms with Crippen LogP contribution in [0.2, 0.25) is 0 Å². The molecule has 1 atom stereocenters. The fraction of sp³-hybridized carbons (Fsp3) is 0.474. The lowest BCUT2D eigenvalue weighted by Crippen LogP contribution is -2.54. The molecule has 3 aliphatic rings. The van der Waals surface area contributed by atoms with Crippen LogP contribution in [-0.4, -0.2) is 91.5 Å². The van der Waals surface area contributed by atoms with E-state index in [1.807, 2.05) is 0 Å². The minimum absolute atomic E-state index is 0.0708. The molecule has 0 spiro atoms. The zero-order valence-corrected chi connectivity index (χ0v) is 30.7. The molecule has 16 heteroatoms. The van der Waals surface area contributed by atoms with Crippen molar-refractivity contribution in [3.63, 3.8) is 0 Å². The molecule has 54 heavy (non-hydrogen) atoms. The Kier molecular flexibility index (Phi) is 13.2. The van der Waals surface area contributed by atoms with Crippen molar-refractivity contribution in [2.45, 2.75) is 70.3 Å². The van der Waals surface area contributed by atoms with E-state index in [9.17, 15) is 32.8 Å². The number of hydrogen-bond acceptors (Lipinski definition) is 11. The number of nitrogens with zero attached hydrogens (tertiary/aromatic N) is 3. The molecule has 2 fully saturated rings. The number of piperidine rings is 1. The monoisotopic (exact) mass is 766 g/mol. The van der Waals surface area contributed by atoms with Gasteiger partial charge >= 0.3 is 0 Å². The maximum absolute atomic E-state index is 14.8. The molecule has 0 bridgehead atoms. The lowest BCUT2D eigenvalue weighted by molar-refractivity contribution is -0.136. The van der Waals surface area contributed by atoms with Crippen molar-refractivity contribution < 1.29 is 42.2 Å². The van der Waals surface area contributed by atoms with Crippen molar-refractivity contribution >= 4 is 51.7 Å². The number of thiazole rings is 1.